The van der Waals surface area contributed by atoms with E-state index in [1.807, 2.05) is 50.3 Å². The standard InChI is InChI=1S/C20H18O3/c1-13(2)12-20(16-10-8-15(9-11-16)14(3)21)18-7-5-4-6-17(18)19(22)23-20/h4-12H,1-3H3. The van der Waals surface area contributed by atoms with Crippen LogP contribution in [0.5, 0.6) is 0 Å². The predicted molar refractivity (Wildman–Crippen MR) is 88.5 cm³/mol. The molecule has 0 amide bonds. The zero-order valence-electron chi connectivity index (χ0n) is 13.4. The number of hydrogen-bond donors (Lipinski definition) is 0. The number of benzene rings is 2. The Morgan fingerprint density at radius 3 is 2.26 bits per heavy atom. The first kappa shape index (κ1) is 15.2. The van der Waals surface area contributed by atoms with Crippen LogP contribution in [0.1, 0.15) is 52.6 Å². The van der Waals surface area contributed by atoms with Crippen LogP contribution in [-0.4, -0.2) is 11.8 Å². The number of esters is 1. The summed E-state index contributed by atoms with van der Waals surface area (Å²) in [7, 11) is 0. The van der Waals surface area contributed by atoms with Gasteiger partial charge in [0, 0.05) is 16.7 Å². The number of cyclic esters (lactones) is 1. The molecule has 2 aromatic carbocycles. The highest BCUT2D eigenvalue weighted by Gasteiger charge is 2.45. The molecular formula is C20H18O3. The first-order chi connectivity index (χ1) is 10.9. The summed E-state index contributed by atoms with van der Waals surface area (Å²) in [6, 6.07) is 14.7. The minimum atomic E-state index is -0.929. The Labute approximate surface area is 135 Å². The van der Waals surface area contributed by atoms with Gasteiger partial charge in [0.1, 0.15) is 0 Å². The molecule has 0 saturated carbocycles. The lowest BCUT2D eigenvalue weighted by molar-refractivity contribution is 0.0272. The Bertz CT molecular complexity index is 811. The molecule has 0 aromatic heterocycles. The van der Waals surface area contributed by atoms with Crippen LogP contribution in [0.2, 0.25) is 0 Å². The molecule has 1 unspecified atom stereocenters. The van der Waals surface area contributed by atoms with E-state index in [9.17, 15) is 9.59 Å². The lowest BCUT2D eigenvalue weighted by atomic mass is 9.84. The van der Waals surface area contributed by atoms with Gasteiger partial charge in [0.25, 0.3) is 0 Å². The third kappa shape index (κ3) is 2.48. The largest absolute Gasteiger partial charge is 0.441 e. The van der Waals surface area contributed by atoms with E-state index in [2.05, 4.69) is 0 Å². The van der Waals surface area contributed by atoms with Crippen LogP contribution < -0.4 is 0 Å². The third-order valence-electron chi connectivity index (χ3n) is 4.01. The highest BCUT2D eigenvalue weighted by molar-refractivity contribution is 5.96. The molecular weight excluding hydrogens is 288 g/mol. The lowest BCUT2D eigenvalue weighted by Crippen LogP contribution is -2.25. The number of hydrogen-bond acceptors (Lipinski definition) is 3. The Balaban J connectivity index is 2.22. The fourth-order valence-electron chi connectivity index (χ4n) is 3.01. The van der Waals surface area contributed by atoms with Crippen LogP contribution in [0.25, 0.3) is 0 Å². The first-order valence-corrected chi connectivity index (χ1v) is 7.54. The second kappa shape index (κ2) is 5.51. The van der Waals surface area contributed by atoms with Gasteiger partial charge >= 0.3 is 5.97 Å². The van der Waals surface area contributed by atoms with E-state index < -0.39 is 5.60 Å². The predicted octanol–water partition coefficient (Wildman–Crippen LogP) is 4.27. The molecule has 1 aliphatic heterocycles. The second-order valence-electron chi connectivity index (χ2n) is 6.03. The van der Waals surface area contributed by atoms with Crippen LogP contribution in [-0.2, 0) is 10.3 Å². The summed E-state index contributed by atoms with van der Waals surface area (Å²) in [5.74, 6) is -0.314. The second-order valence-corrected chi connectivity index (χ2v) is 6.03. The maximum absolute atomic E-state index is 12.3. The topological polar surface area (TPSA) is 43.4 Å². The van der Waals surface area contributed by atoms with Crippen LogP contribution >= 0.6 is 0 Å². The van der Waals surface area contributed by atoms with Crippen molar-refractivity contribution in [3.05, 3.63) is 82.4 Å². The van der Waals surface area contributed by atoms with Gasteiger partial charge < -0.3 is 4.74 Å². The van der Waals surface area contributed by atoms with Crippen LogP contribution in [0.4, 0.5) is 0 Å². The number of ketones is 1. The Morgan fingerprint density at radius 2 is 1.65 bits per heavy atom. The minimum Gasteiger partial charge on any atom is -0.441 e. The number of rotatable bonds is 3. The van der Waals surface area contributed by atoms with Gasteiger partial charge in [0.2, 0.25) is 0 Å². The zero-order chi connectivity index (χ0) is 16.6. The van der Waals surface area contributed by atoms with Gasteiger partial charge in [-0.15, -0.1) is 0 Å². The number of carbonyl (C=O) groups excluding carboxylic acids is 2. The molecule has 0 fully saturated rings. The quantitative estimate of drug-likeness (QED) is 0.483. The van der Waals surface area contributed by atoms with Crippen molar-refractivity contribution in [2.24, 2.45) is 0 Å². The summed E-state index contributed by atoms with van der Waals surface area (Å²) in [4.78, 5) is 23.8. The Kier molecular flexibility index (Phi) is 3.64. The van der Waals surface area contributed by atoms with Crippen molar-refractivity contribution in [2.75, 3.05) is 0 Å². The Hall–Kier alpha value is -2.68. The van der Waals surface area contributed by atoms with E-state index in [1.54, 1.807) is 18.2 Å². The van der Waals surface area contributed by atoms with Gasteiger partial charge in [-0.3, -0.25) is 4.79 Å². The SMILES string of the molecule is CC(=O)c1ccc(C2(C=C(C)C)OC(=O)c3ccccc32)cc1. The van der Waals surface area contributed by atoms with E-state index in [0.29, 0.717) is 11.1 Å². The van der Waals surface area contributed by atoms with Crippen molar-refractivity contribution >= 4 is 11.8 Å². The molecule has 0 bridgehead atoms. The molecule has 1 heterocycles. The first-order valence-electron chi connectivity index (χ1n) is 7.54. The van der Waals surface area contributed by atoms with Crippen molar-refractivity contribution in [3.8, 4) is 0 Å². The minimum absolute atomic E-state index is 0.0108. The van der Waals surface area contributed by atoms with Gasteiger partial charge in [0.15, 0.2) is 11.4 Å². The molecule has 1 aliphatic rings. The molecule has 0 N–H and O–H groups in total. The Morgan fingerprint density at radius 1 is 1.00 bits per heavy atom. The van der Waals surface area contributed by atoms with E-state index in [4.69, 9.17) is 4.74 Å². The number of Topliss-reactive ketones (excluding diaryl/α,β-unsaturated/α-hetero) is 1. The fraction of sp³-hybridized carbons (Fsp3) is 0.200. The van der Waals surface area contributed by atoms with Gasteiger partial charge in [-0.05, 0) is 32.9 Å². The van der Waals surface area contributed by atoms with Crippen molar-refractivity contribution < 1.29 is 14.3 Å². The van der Waals surface area contributed by atoms with Gasteiger partial charge in [-0.2, -0.15) is 0 Å². The van der Waals surface area contributed by atoms with Gasteiger partial charge in [0.05, 0.1) is 5.56 Å². The average Bonchev–Trinajstić information content (AvgIpc) is 2.81. The molecule has 0 aliphatic carbocycles. The summed E-state index contributed by atoms with van der Waals surface area (Å²) in [5.41, 5.74) is 3.01. The molecule has 0 spiro atoms. The monoisotopic (exact) mass is 306 g/mol. The van der Waals surface area contributed by atoms with Crippen molar-refractivity contribution in [1.82, 2.24) is 0 Å². The maximum atomic E-state index is 12.3. The van der Waals surface area contributed by atoms with Crippen molar-refractivity contribution in [3.63, 3.8) is 0 Å². The third-order valence-corrected chi connectivity index (χ3v) is 4.01. The molecule has 116 valence electrons. The smallest absolute Gasteiger partial charge is 0.340 e. The van der Waals surface area contributed by atoms with E-state index in [0.717, 1.165) is 16.7 Å². The van der Waals surface area contributed by atoms with Crippen molar-refractivity contribution in [1.29, 1.82) is 0 Å². The summed E-state index contributed by atoms with van der Waals surface area (Å²) in [6.45, 7) is 5.48. The summed E-state index contributed by atoms with van der Waals surface area (Å²) < 4.78 is 5.82. The highest BCUT2D eigenvalue weighted by Crippen LogP contribution is 2.43. The zero-order valence-corrected chi connectivity index (χ0v) is 13.4. The lowest BCUT2D eigenvalue weighted by Gasteiger charge is -2.27. The van der Waals surface area contributed by atoms with Crippen LogP contribution in [0.15, 0.2) is 60.2 Å². The molecule has 2 aromatic rings. The molecule has 3 nitrogen and oxygen atoms in total. The summed E-state index contributed by atoms with van der Waals surface area (Å²) in [6.07, 6.45) is 1.96. The van der Waals surface area contributed by atoms with Crippen LogP contribution in [0, 0.1) is 0 Å². The van der Waals surface area contributed by atoms with Gasteiger partial charge in [-0.1, -0.05) is 48.0 Å². The average molecular weight is 306 g/mol. The van der Waals surface area contributed by atoms with E-state index in [1.165, 1.54) is 6.92 Å². The summed E-state index contributed by atoms with van der Waals surface area (Å²) in [5, 5.41) is 0. The van der Waals surface area contributed by atoms with Gasteiger partial charge in [-0.25, -0.2) is 4.79 Å². The van der Waals surface area contributed by atoms with Crippen LogP contribution in [0.3, 0.4) is 0 Å². The number of carbonyl (C=O) groups is 2. The maximum Gasteiger partial charge on any atom is 0.340 e. The summed E-state index contributed by atoms with van der Waals surface area (Å²) >= 11 is 0. The molecule has 23 heavy (non-hydrogen) atoms. The number of fused-ring (bicyclic) bond motifs is 1. The van der Waals surface area contributed by atoms with E-state index in [-0.39, 0.29) is 11.8 Å². The molecule has 3 rings (SSSR count). The van der Waals surface area contributed by atoms with Crippen molar-refractivity contribution in [2.45, 2.75) is 26.4 Å². The molecule has 1 atom stereocenters. The van der Waals surface area contributed by atoms with E-state index >= 15 is 0 Å². The molecule has 0 saturated heterocycles. The molecule has 0 radical (unpaired) electrons. The highest BCUT2D eigenvalue weighted by atomic mass is 16.6. The number of allylic oxidation sites excluding steroid dienone is 1. The molecule has 3 heteroatoms. The fourth-order valence-corrected chi connectivity index (χ4v) is 3.01. The number of ether oxygens (including phenoxy) is 1. The normalized spacial score (nSPS) is 19.0.